The van der Waals surface area contributed by atoms with Crippen LogP contribution in [0.2, 0.25) is 0 Å². The van der Waals surface area contributed by atoms with E-state index >= 15 is 0 Å². The van der Waals surface area contributed by atoms with Gasteiger partial charge in [0.1, 0.15) is 6.04 Å². The first-order valence-corrected chi connectivity index (χ1v) is 6.53. The van der Waals surface area contributed by atoms with Crippen LogP contribution in [-0.2, 0) is 4.79 Å². The third-order valence-electron chi connectivity index (χ3n) is 2.22. The summed E-state index contributed by atoms with van der Waals surface area (Å²) in [6.07, 6.45) is 0. The molecule has 1 rings (SSSR count). The maximum atomic E-state index is 11.7. The molecular formula is C12H17BrN2O3. The number of hydrogen-bond acceptors (Lipinski definition) is 3. The number of nitrogens with one attached hydrogen (secondary N) is 2. The van der Waals surface area contributed by atoms with E-state index in [1.165, 1.54) is 6.07 Å². The maximum Gasteiger partial charge on any atom is 0.287 e. The molecule has 0 fully saturated rings. The molecule has 2 amide bonds. The molecule has 1 aromatic rings. The van der Waals surface area contributed by atoms with E-state index in [4.69, 9.17) is 4.42 Å². The molecule has 0 aliphatic rings. The summed E-state index contributed by atoms with van der Waals surface area (Å²) in [5.74, 6) is -0.0705. The highest BCUT2D eigenvalue weighted by Crippen LogP contribution is 2.13. The molecule has 0 bridgehead atoms. The fourth-order valence-corrected chi connectivity index (χ4v) is 1.53. The second kappa shape index (κ2) is 6.58. The van der Waals surface area contributed by atoms with Crippen LogP contribution in [0.1, 0.15) is 31.3 Å². The predicted molar refractivity (Wildman–Crippen MR) is 71.2 cm³/mol. The molecule has 2 N–H and O–H groups in total. The largest absolute Gasteiger partial charge is 0.444 e. The minimum absolute atomic E-state index is 0.172. The third kappa shape index (κ3) is 4.52. The lowest BCUT2D eigenvalue weighted by molar-refractivity contribution is -0.122. The maximum absolute atomic E-state index is 11.7. The Balaban J connectivity index is 2.46. The van der Waals surface area contributed by atoms with E-state index in [0.29, 0.717) is 17.1 Å². The Kier molecular flexibility index (Phi) is 5.40. The Morgan fingerprint density at radius 3 is 2.50 bits per heavy atom. The minimum atomic E-state index is -0.597. The zero-order valence-corrected chi connectivity index (χ0v) is 12.2. The lowest BCUT2D eigenvalue weighted by Gasteiger charge is -2.14. The van der Waals surface area contributed by atoms with Crippen LogP contribution < -0.4 is 10.6 Å². The van der Waals surface area contributed by atoms with Crippen molar-refractivity contribution in [3.8, 4) is 0 Å². The van der Waals surface area contributed by atoms with Crippen molar-refractivity contribution in [2.75, 3.05) is 6.54 Å². The van der Waals surface area contributed by atoms with E-state index in [1.807, 2.05) is 13.8 Å². The van der Waals surface area contributed by atoms with Gasteiger partial charge in [-0.3, -0.25) is 9.59 Å². The van der Waals surface area contributed by atoms with Gasteiger partial charge in [0.2, 0.25) is 5.91 Å². The summed E-state index contributed by atoms with van der Waals surface area (Å²) in [7, 11) is 0. The van der Waals surface area contributed by atoms with E-state index < -0.39 is 11.9 Å². The average molecular weight is 317 g/mol. The van der Waals surface area contributed by atoms with Crippen molar-refractivity contribution < 1.29 is 14.0 Å². The number of rotatable bonds is 5. The zero-order chi connectivity index (χ0) is 13.7. The zero-order valence-electron chi connectivity index (χ0n) is 10.6. The van der Waals surface area contributed by atoms with Gasteiger partial charge in [-0.2, -0.15) is 0 Å². The van der Waals surface area contributed by atoms with Crippen molar-refractivity contribution >= 4 is 27.7 Å². The van der Waals surface area contributed by atoms with Gasteiger partial charge in [-0.15, -0.1) is 0 Å². The van der Waals surface area contributed by atoms with Crippen molar-refractivity contribution in [2.45, 2.75) is 26.8 Å². The number of halogens is 1. The number of amides is 2. The van der Waals surface area contributed by atoms with Gasteiger partial charge >= 0.3 is 0 Å². The predicted octanol–water partition coefficient (Wildman–Crippen LogP) is 1.93. The van der Waals surface area contributed by atoms with Gasteiger partial charge in [-0.1, -0.05) is 13.8 Å². The average Bonchev–Trinajstić information content (AvgIpc) is 2.72. The van der Waals surface area contributed by atoms with E-state index in [-0.39, 0.29) is 11.7 Å². The minimum Gasteiger partial charge on any atom is -0.444 e. The first-order chi connectivity index (χ1) is 8.40. The van der Waals surface area contributed by atoms with Crippen molar-refractivity contribution in [2.24, 2.45) is 5.92 Å². The topological polar surface area (TPSA) is 71.3 Å². The summed E-state index contributed by atoms with van der Waals surface area (Å²) in [5.41, 5.74) is 0. The van der Waals surface area contributed by atoms with Gasteiger partial charge in [0.05, 0.1) is 0 Å². The Bertz CT molecular complexity index is 429. The molecule has 0 radical (unpaired) electrons. The van der Waals surface area contributed by atoms with E-state index in [0.717, 1.165) is 0 Å². The fraction of sp³-hybridized carbons (Fsp3) is 0.500. The third-order valence-corrected chi connectivity index (χ3v) is 2.65. The molecule has 1 unspecified atom stereocenters. The summed E-state index contributed by atoms with van der Waals surface area (Å²) in [6.45, 7) is 6.23. The Morgan fingerprint density at radius 2 is 2.00 bits per heavy atom. The number of hydrogen-bond donors (Lipinski definition) is 2. The number of carbonyl (C=O) groups excluding carboxylic acids is 2. The summed E-state index contributed by atoms with van der Waals surface area (Å²) in [4.78, 5) is 23.4. The SMILES string of the molecule is CC(C)CNC(=O)C(C)NC(=O)c1ccc(Br)o1. The van der Waals surface area contributed by atoms with Crippen LogP contribution in [-0.4, -0.2) is 24.4 Å². The highest BCUT2D eigenvalue weighted by Gasteiger charge is 2.18. The monoisotopic (exact) mass is 316 g/mol. The fourth-order valence-electron chi connectivity index (χ4n) is 1.23. The molecule has 0 spiro atoms. The van der Waals surface area contributed by atoms with E-state index in [2.05, 4.69) is 26.6 Å². The molecule has 0 aromatic carbocycles. The van der Waals surface area contributed by atoms with Crippen molar-refractivity contribution in [1.82, 2.24) is 10.6 Å². The summed E-state index contributed by atoms with van der Waals surface area (Å²) < 4.78 is 5.57. The summed E-state index contributed by atoms with van der Waals surface area (Å²) in [5, 5.41) is 5.32. The molecule has 6 heteroatoms. The molecule has 1 heterocycles. The van der Waals surface area contributed by atoms with Gasteiger partial charge in [-0.05, 0) is 40.9 Å². The molecule has 1 aromatic heterocycles. The molecule has 1 atom stereocenters. The normalized spacial score (nSPS) is 12.3. The highest BCUT2D eigenvalue weighted by atomic mass is 79.9. The van der Waals surface area contributed by atoms with Crippen molar-refractivity contribution in [3.63, 3.8) is 0 Å². The smallest absolute Gasteiger partial charge is 0.287 e. The Labute approximate surface area is 114 Å². The second-order valence-corrected chi connectivity index (χ2v) is 5.22. The molecule has 0 saturated heterocycles. The first-order valence-electron chi connectivity index (χ1n) is 5.74. The van der Waals surface area contributed by atoms with E-state index in [1.54, 1.807) is 13.0 Å². The van der Waals surface area contributed by atoms with Gasteiger partial charge in [0.15, 0.2) is 10.4 Å². The van der Waals surface area contributed by atoms with E-state index in [9.17, 15) is 9.59 Å². The standard InChI is InChI=1S/C12H17BrN2O3/c1-7(2)6-14-11(16)8(3)15-12(17)9-4-5-10(13)18-9/h4-5,7-8H,6H2,1-3H3,(H,14,16)(H,15,17). The summed E-state index contributed by atoms with van der Waals surface area (Å²) in [6, 6.07) is 2.57. The molecule has 0 aliphatic carbocycles. The van der Waals surface area contributed by atoms with Crippen LogP contribution in [0.5, 0.6) is 0 Å². The summed E-state index contributed by atoms with van der Waals surface area (Å²) >= 11 is 3.11. The van der Waals surface area contributed by atoms with Crippen molar-refractivity contribution in [3.05, 3.63) is 22.6 Å². The van der Waals surface area contributed by atoms with Crippen LogP contribution in [0.15, 0.2) is 21.2 Å². The Hall–Kier alpha value is -1.30. The van der Waals surface area contributed by atoms with Crippen LogP contribution in [0.3, 0.4) is 0 Å². The number of furan rings is 1. The van der Waals surface area contributed by atoms with Gasteiger partial charge in [0, 0.05) is 6.54 Å². The molecule has 5 nitrogen and oxygen atoms in total. The highest BCUT2D eigenvalue weighted by molar-refractivity contribution is 9.10. The Morgan fingerprint density at radius 1 is 1.33 bits per heavy atom. The van der Waals surface area contributed by atoms with Crippen LogP contribution in [0.25, 0.3) is 0 Å². The van der Waals surface area contributed by atoms with Crippen LogP contribution >= 0.6 is 15.9 Å². The van der Waals surface area contributed by atoms with Crippen molar-refractivity contribution in [1.29, 1.82) is 0 Å². The first kappa shape index (κ1) is 14.8. The van der Waals surface area contributed by atoms with Crippen LogP contribution in [0.4, 0.5) is 0 Å². The lowest BCUT2D eigenvalue weighted by Crippen LogP contribution is -2.45. The quantitative estimate of drug-likeness (QED) is 0.872. The second-order valence-electron chi connectivity index (χ2n) is 4.44. The molecule has 100 valence electrons. The van der Waals surface area contributed by atoms with Gasteiger partial charge in [-0.25, -0.2) is 0 Å². The molecular weight excluding hydrogens is 300 g/mol. The van der Waals surface area contributed by atoms with Crippen LogP contribution in [0, 0.1) is 5.92 Å². The molecule has 0 aliphatic heterocycles. The van der Waals surface area contributed by atoms with Gasteiger partial charge in [0.25, 0.3) is 5.91 Å². The molecule has 0 saturated carbocycles. The van der Waals surface area contributed by atoms with Gasteiger partial charge < -0.3 is 15.1 Å². The molecule has 18 heavy (non-hydrogen) atoms. The lowest BCUT2D eigenvalue weighted by atomic mass is 10.2. The number of carbonyl (C=O) groups is 2.